The molecule has 1 N–H and O–H groups in total. The van der Waals surface area contributed by atoms with E-state index in [0.717, 1.165) is 24.3 Å². The van der Waals surface area contributed by atoms with Crippen molar-refractivity contribution in [1.82, 2.24) is 15.4 Å². The molecule has 132 valence electrons. The number of hydrogen-bond acceptors (Lipinski definition) is 4. The minimum atomic E-state index is -0.112. The molecule has 1 aromatic rings. The van der Waals surface area contributed by atoms with Crippen LogP contribution in [0.5, 0.6) is 0 Å². The van der Waals surface area contributed by atoms with Crippen LogP contribution in [0.1, 0.15) is 62.8 Å². The summed E-state index contributed by atoms with van der Waals surface area (Å²) in [5.74, 6) is 0.862. The molecule has 24 heavy (non-hydrogen) atoms. The Bertz CT molecular complexity index is 576. The molecule has 2 amide bonds. The predicted molar refractivity (Wildman–Crippen MR) is 89.0 cm³/mol. The second kappa shape index (κ2) is 7.81. The smallest absolute Gasteiger partial charge is 0.225 e. The van der Waals surface area contributed by atoms with E-state index in [2.05, 4.69) is 10.5 Å². The minimum Gasteiger partial charge on any atom is -0.361 e. The number of nitrogens with zero attached hydrogens (tertiary/aromatic N) is 2. The Morgan fingerprint density at radius 1 is 1.29 bits per heavy atom. The maximum atomic E-state index is 12.5. The number of amides is 2. The van der Waals surface area contributed by atoms with Gasteiger partial charge in [0.1, 0.15) is 11.5 Å². The number of piperidine rings is 1. The number of hydrogen-bond donors (Lipinski definition) is 1. The summed E-state index contributed by atoms with van der Waals surface area (Å²) < 4.78 is 5.01. The summed E-state index contributed by atoms with van der Waals surface area (Å²) in [6, 6.07) is 2.15. The van der Waals surface area contributed by atoms with Crippen molar-refractivity contribution >= 4 is 11.8 Å². The molecule has 2 heterocycles. The summed E-state index contributed by atoms with van der Waals surface area (Å²) in [6.45, 7) is 2.77. The Hall–Kier alpha value is -1.85. The monoisotopic (exact) mass is 333 g/mol. The van der Waals surface area contributed by atoms with Crippen molar-refractivity contribution in [2.45, 2.75) is 70.9 Å². The molecule has 6 nitrogen and oxygen atoms in total. The van der Waals surface area contributed by atoms with Crippen molar-refractivity contribution < 1.29 is 14.1 Å². The highest BCUT2D eigenvalue weighted by Gasteiger charge is 2.34. The van der Waals surface area contributed by atoms with Crippen LogP contribution in [-0.2, 0) is 16.1 Å². The SMILES string of the molecule is Cc1cc(CNC(=O)[C@@H]2CCC(=O)N(C3CCCCCC3)C2)no1. The van der Waals surface area contributed by atoms with E-state index in [9.17, 15) is 9.59 Å². The standard InChI is InChI=1S/C18H27N3O3/c1-13-10-15(20-24-13)11-19-18(23)14-8-9-17(22)21(12-14)16-6-4-2-3-5-7-16/h10,14,16H,2-9,11-12H2,1H3,(H,19,23)/t14-/m1/s1. The van der Waals surface area contributed by atoms with Gasteiger partial charge in [-0.2, -0.15) is 0 Å². The zero-order valence-corrected chi connectivity index (χ0v) is 14.4. The highest BCUT2D eigenvalue weighted by molar-refractivity contribution is 5.84. The fourth-order valence-corrected chi connectivity index (χ4v) is 3.83. The lowest BCUT2D eigenvalue weighted by Gasteiger charge is -2.37. The van der Waals surface area contributed by atoms with E-state index in [-0.39, 0.29) is 17.7 Å². The molecule has 1 saturated heterocycles. The van der Waals surface area contributed by atoms with Crippen LogP contribution in [0.3, 0.4) is 0 Å². The van der Waals surface area contributed by atoms with Gasteiger partial charge in [0.15, 0.2) is 0 Å². The van der Waals surface area contributed by atoms with E-state index in [1.165, 1.54) is 25.7 Å². The summed E-state index contributed by atoms with van der Waals surface area (Å²) in [7, 11) is 0. The molecule has 0 unspecified atom stereocenters. The average molecular weight is 333 g/mol. The number of likely N-dealkylation sites (tertiary alicyclic amines) is 1. The Balaban J connectivity index is 1.55. The Morgan fingerprint density at radius 2 is 2.04 bits per heavy atom. The third-order valence-electron chi connectivity index (χ3n) is 5.20. The third-order valence-corrected chi connectivity index (χ3v) is 5.20. The molecule has 0 radical (unpaired) electrons. The molecule has 1 atom stereocenters. The van der Waals surface area contributed by atoms with Crippen LogP contribution in [0.15, 0.2) is 10.6 Å². The number of aryl methyl sites for hydroxylation is 1. The number of carbonyl (C=O) groups excluding carboxylic acids is 2. The Labute approximate surface area is 142 Å². The van der Waals surface area contributed by atoms with Crippen molar-refractivity contribution in [3.63, 3.8) is 0 Å². The molecule has 1 saturated carbocycles. The second-order valence-corrected chi connectivity index (χ2v) is 7.07. The van der Waals surface area contributed by atoms with Gasteiger partial charge in [-0.15, -0.1) is 0 Å². The van der Waals surface area contributed by atoms with Gasteiger partial charge in [0, 0.05) is 25.1 Å². The molecular formula is C18H27N3O3. The van der Waals surface area contributed by atoms with E-state index in [1.807, 2.05) is 17.9 Å². The highest BCUT2D eigenvalue weighted by atomic mass is 16.5. The van der Waals surface area contributed by atoms with Crippen LogP contribution in [0.4, 0.5) is 0 Å². The zero-order chi connectivity index (χ0) is 16.9. The number of rotatable bonds is 4. The first kappa shape index (κ1) is 17.0. The number of aromatic nitrogens is 1. The molecule has 1 aliphatic carbocycles. The first-order valence-electron chi connectivity index (χ1n) is 9.13. The molecule has 1 aromatic heterocycles. The Kier molecular flexibility index (Phi) is 5.53. The van der Waals surface area contributed by atoms with E-state index in [4.69, 9.17) is 4.52 Å². The van der Waals surface area contributed by atoms with E-state index in [1.54, 1.807) is 0 Å². The largest absolute Gasteiger partial charge is 0.361 e. The summed E-state index contributed by atoms with van der Waals surface area (Å²) in [5, 5.41) is 6.82. The maximum Gasteiger partial charge on any atom is 0.225 e. The van der Waals surface area contributed by atoms with Crippen molar-refractivity contribution in [3.8, 4) is 0 Å². The van der Waals surface area contributed by atoms with E-state index >= 15 is 0 Å². The Morgan fingerprint density at radius 3 is 2.71 bits per heavy atom. The van der Waals surface area contributed by atoms with Crippen LogP contribution in [0.25, 0.3) is 0 Å². The van der Waals surface area contributed by atoms with Crippen LogP contribution in [0.2, 0.25) is 0 Å². The van der Waals surface area contributed by atoms with Crippen LogP contribution in [0, 0.1) is 12.8 Å². The summed E-state index contributed by atoms with van der Waals surface area (Å²) >= 11 is 0. The lowest BCUT2D eigenvalue weighted by atomic mass is 9.93. The summed E-state index contributed by atoms with van der Waals surface area (Å²) in [5.41, 5.74) is 0.730. The predicted octanol–water partition coefficient (Wildman–Crippen LogP) is 2.56. The van der Waals surface area contributed by atoms with Gasteiger partial charge in [-0.25, -0.2) is 0 Å². The molecule has 6 heteroatoms. The van der Waals surface area contributed by atoms with E-state index < -0.39 is 0 Å². The van der Waals surface area contributed by atoms with Crippen LogP contribution < -0.4 is 5.32 Å². The number of carbonyl (C=O) groups is 2. The van der Waals surface area contributed by atoms with Crippen molar-refractivity contribution in [2.75, 3.05) is 6.54 Å². The number of nitrogens with one attached hydrogen (secondary N) is 1. The van der Waals surface area contributed by atoms with Crippen molar-refractivity contribution in [2.24, 2.45) is 5.92 Å². The first-order chi connectivity index (χ1) is 11.6. The summed E-state index contributed by atoms with van der Waals surface area (Å²) in [4.78, 5) is 26.8. The molecule has 1 aliphatic heterocycles. The second-order valence-electron chi connectivity index (χ2n) is 7.07. The fourth-order valence-electron chi connectivity index (χ4n) is 3.83. The quantitative estimate of drug-likeness (QED) is 0.859. The molecule has 2 aliphatic rings. The van der Waals surface area contributed by atoms with Crippen molar-refractivity contribution in [3.05, 3.63) is 17.5 Å². The van der Waals surface area contributed by atoms with Gasteiger partial charge in [-0.1, -0.05) is 30.8 Å². The van der Waals surface area contributed by atoms with Crippen LogP contribution >= 0.6 is 0 Å². The van der Waals surface area contributed by atoms with Gasteiger partial charge >= 0.3 is 0 Å². The molecule has 0 bridgehead atoms. The molecule has 0 spiro atoms. The minimum absolute atomic E-state index is 0.0155. The highest BCUT2D eigenvalue weighted by Crippen LogP contribution is 2.27. The van der Waals surface area contributed by atoms with Gasteiger partial charge in [-0.05, 0) is 26.2 Å². The molecular weight excluding hydrogens is 306 g/mol. The van der Waals surface area contributed by atoms with Gasteiger partial charge in [0.2, 0.25) is 11.8 Å². The first-order valence-corrected chi connectivity index (χ1v) is 9.13. The zero-order valence-electron chi connectivity index (χ0n) is 14.4. The topological polar surface area (TPSA) is 75.4 Å². The third kappa shape index (κ3) is 4.16. The summed E-state index contributed by atoms with van der Waals surface area (Å²) in [6.07, 6.45) is 8.20. The van der Waals surface area contributed by atoms with Gasteiger partial charge in [0.25, 0.3) is 0 Å². The maximum absolute atomic E-state index is 12.5. The van der Waals surface area contributed by atoms with Gasteiger partial charge in [0.05, 0.1) is 12.5 Å². The normalized spacial score (nSPS) is 23.1. The average Bonchev–Trinajstić information content (AvgIpc) is 2.83. The van der Waals surface area contributed by atoms with Crippen molar-refractivity contribution in [1.29, 1.82) is 0 Å². The lowest BCUT2D eigenvalue weighted by molar-refractivity contribution is -0.141. The molecule has 0 aromatic carbocycles. The van der Waals surface area contributed by atoms with Crippen LogP contribution in [-0.4, -0.2) is 34.5 Å². The molecule has 3 rings (SSSR count). The van der Waals surface area contributed by atoms with E-state index in [0.29, 0.717) is 32.0 Å². The fraction of sp³-hybridized carbons (Fsp3) is 0.722. The van der Waals surface area contributed by atoms with Gasteiger partial charge < -0.3 is 14.7 Å². The lowest BCUT2D eigenvalue weighted by Crippen LogP contribution is -2.49. The molecule has 2 fully saturated rings. The van der Waals surface area contributed by atoms with Gasteiger partial charge in [-0.3, -0.25) is 9.59 Å².